The van der Waals surface area contributed by atoms with E-state index >= 15 is 0 Å². The van der Waals surface area contributed by atoms with Crippen LogP contribution in [0, 0.1) is 28.1 Å². The first-order valence-corrected chi connectivity index (χ1v) is 8.11. The van der Waals surface area contributed by atoms with E-state index in [9.17, 15) is 0 Å². The van der Waals surface area contributed by atoms with Crippen LogP contribution >= 0.6 is 0 Å². The van der Waals surface area contributed by atoms with Gasteiger partial charge in [-0.15, -0.1) is 0 Å². The fourth-order valence-electron chi connectivity index (χ4n) is 4.37. The van der Waals surface area contributed by atoms with Crippen LogP contribution in [0.5, 0.6) is 0 Å². The Morgan fingerprint density at radius 1 is 1.11 bits per heavy atom. The highest BCUT2D eigenvalue weighted by molar-refractivity contribution is 6.15. The molecule has 2 radical (unpaired) electrons. The molecule has 0 N–H and O–H groups in total. The fourth-order valence-corrected chi connectivity index (χ4v) is 4.37. The zero-order valence-electron chi connectivity index (χ0n) is 14.9. The van der Waals surface area contributed by atoms with Gasteiger partial charge in [0, 0.05) is 0 Å². The van der Waals surface area contributed by atoms with Crippen molar-refractivity contribution >= 4 is 7.85 Å². The van der Waals surface area contributed by atoms with Gasteiger partial charge in [-0.1, -0.05) is 74.0 Å². The van der Waals surface area contributed by atoms with Crippen LogP contribution in [0.2, 0.25) is 5.31 Å². The zero-order chi connectivity index (χ0) is 15.3. The predicted octanol–water partition coefficient (Wildman–Crippen LogP) is 5.87. The molecule has 0 nitrogen and oxygen atoms in total. The first kappa shape index (κ1) is 17.1. The largest absolute Gasteiger partial charge is 0.0753 e. The van der Waals surface area contributed by atoms with Crippen LogP contribution < -0.4 is 0 Å². The molecular weight excluding hydrogens is 227 g/mol. The second-order valence-corrected chi connectivity index (χ2v) is 9.11. The summed E-state index contributed by atoms with van der Waals surface area (Å²) in [4.78, 5) is 0. The summed E-state index contributed by atoms with van der Waals surface area (Å²) in [6.45, 7) is 21.4. The van der Waals surface area contributed by atoms with E-state index in [4.69, 9.17) is 7.85 Å². The van der Waals surface area contributed by atoms with Gasteiger partial charge in [-0.05, 0) is 40.9 Å². The monoisotopic (exact) mass is 262 g/mol. The molecule has 1 aliphatic carbocycles. The van der Waals surface area contributed by atoms with Crippen molar-refractivity contribution in [1.82, 2.24) is 0 Å². The van der Waals surface area contributed by atoms with Crippen LogP contribution in [0.3, 0.4) is 0 Å². The molecule has 0 aromatic heterocycles. The molecule has 0 aromatic rings. The molecule has 0 spiro atoms. The quantitative estimate of drug-likeness (QED) is 0.558. The molecule has 1 fully saturated rings. The van der Waals surface area contributed by atoms with Crippen molar-refractivity contribution in [3.05, 3.63) is 0 Å². The van der Waals surface area contributed by atoms with E-state index in [0.29, 0.717) is 16.7 Å². The van der Waals surface area contributed by atoms with E-state index in [1.807, 2.05) is 0 Å². The molecule has 1 heteroatoms. The molecule has 0 saturated heterocycles. The van der Waals surface area contributed by atoms with E-state index < -0.39 is 0 Å². The Balaban J connectivity index is 3.28. The molecule has 110 valence electrons. The lowest BCUT2D eigenvalue weighted by Crippen LogP contribution is -2.44. The fraction of sp³-hybridized carbons (Fsp3) is 1.00. The predicted molar refractivity (Wildman–Crippen MR) is 87.6 cm³/mol. The molecule has 0 amide bonds. The highest BCUT2D eigenvalue weighted by Crippen LogP contribution is 2.69. The van der Waals surface area contributed by atoms with Gasteiger partial charge < -0.3 is 0 Å². The second-order valence-electron chi connectivity index (χ2n) is 9.11. The van der Waals surface area contributed by atoms with Crippen LogP contribution in [0.15, 0.2) is 0 Å². The van der Waals surface area contributed by atoms with Gasteiger partial charge in [0.1, 0.15) is 0 Å². The Labute approximate surface area is 123 Å². The molecule has 4 atom stereocenters. The minimum atomic E-state index is -0.112. The summed E-state index contributed by atoms with van der Waals surface area (Å²) in [5, 5.41) is -0.112. The molecule has 1 saturated carbocycles. The Morgan fingerprint density at radius 2 is 1.58 bits per heavy atom. The van der Waals surface area contributed by atoms with E-state index in [0.717, 1.165) is 5.92 Å². The lowest BCUT2D eigenvalue weighted by Gasteiger charge is -2.54. The summed E-state index contributed by atoms with van der Waals surface area (Å²) < 4.78 is 0. The molecule has 1 rings (SSSR count). The lowest BCUT2D eigenvalue weighted by molar-refractivity contribution is 0.0132. The van der Waals surface area contributed by atoms with Crippen LogP contribution in [-0.4, -0.2) is 7.85 Å². The lowest BCUT2D eigenvalue weighted by atomic mass is 9.43. The van der Waals surface area contributed by atoms with Crippen molar-refractivity contribution in [3.8, 4) is 0 Å². The first-order valence-electron chi connectivity index (χ1n) is 8.11. The van der Waals surface area contributed by atoms with Gasteiger partial charge in [0.05, 0.1) is 7.85 Å². The summed E-state index contributed by atoms with van der Waals surface area (Å²) in [5.74, 6) is 1.35. The minimum Gasteiger partial charge on any atom is -0.0669 e. The van der Waals surface area contributed by atoms with Crippen molar-refractivity contribution in [3.63, 3.8) is 0 Å². The summed E-state index contributed by atoms with van der Waals surface area (Å²) in [6, 6.07) is 0. The average Bonchev–Trinajstić information content (AvgIpc) is 2.38. The highest BCUT2D eigenvalue weighted by Gasteiger charge is 2.60. The summed E-state index contributed by atoms with van der Waals surface area (Å²) in [6.07, 6.45) is 3.81. The molecule has 4 unspecified atom stereocenters. The van der Waals surface area contributed by atoms with Crippen LogP contribution in [-0.2, 0) is 0 Å². The number of hydrogen-bond donors (Lipinski definition) is 0. The van der Waals surface area contributed by atoms with Gasteiger partial charge in [0.2, 0.25) is 0 Å². The van der Waals surface area contributed by atoms with E-state index in [1.165, 1.54) is 19.3 Å². The number of hydrogen-bond acceptors (Lipinski definition) is 0. The van der Waals surface area contributed by atoms with Gasteiger partial charge in [-0.3, -0.25) is 0 Å². The Morgan fingerprint density at radius 3 is 1.95 bits per heavy atom. The third kappa shape index (κ3) is 2.40. The van der Waals surface area contributed by atoms with Gasteiger partial charge in [0.15, 0.2) is 0 Å². The summed E-state index contributed by atoms with van der Waals surface area (Å²) in [7, 11) is 6.89. The topological polar surface area (TPSA) is 0 Å². The van der Waals surface area contributed by atoms with Crippen LogP contribution in [0.1, 0.15) is 81.6 Å². The molecule has 0 aliphatic heterocycles. The van der Waals surface area contributed by atoms with Crippen molar-refractivity contribution in [2.24, 2.45) is 28.1 Å². The van der Waals surface area contributed by atoms with Crippen LogP contribution in [0.25, 0.3) is 0 Å². The van der Waals surface area contributed by atoms with Crippen LogP contribution in [0.4, 0.5) is 0 Å². The molecule has 0 aromatic carbocycles. The third-order valence-corrected chi connectivity index (χ3v) is 7.17. The SMILES string of the molecule is [B]C(C)(C1CC(C)C(C)(C)C1(C)CCC)C(C)(C)C. The normalized spacial score (nSPS) is 38.2. The third-order valence-electron chi connectivity index (χ3n) is 7.17. The van der Waals surface area contributed by atoms with Gasteiger partial charge >= 0.3 is 0 Å². The smallest absolute Gasteiger partial charge is 0.0669 e. The van der Waals surface area contributed by atoms with Gasteiger partial charge in [-0.2, -0.15) is 0 Å². The van der Waals surface area contributed by atoms with Crippen molar-refractivity contribution in [1.29, 1.82) is 0 Å². The Hall–Kier alpha value is 0.0649. The van der Waals surface area contributed by atoms with E-state index in [1.54, 1.807) is 0 Å². The van der Waals surface area contributed by atoms with E-state index in [2.05, 4.69) is 62.3 Å². The zero-order valence-corrected chi connectivity index (χ0v) is 14.9. The molecule has 0 bridgehead atoms. The number of rotatable bonds is 3. The summed E-state index contributed by atoms with van der Waals surface area (Å²) in [5.41, 5.74) is 0.865. The maximum atomic E-state index is 6.89. The van der Waals surface area contributed by atoms with E-state index in [-0.39, 0.29) is 10.7 Å². The minimum absolute atomic E-state index is 0.112. The summed E-state index contributed by atoms with van der Waals surface area (Å²) >= 11 is 0. The Kier molecular flexibility index (Phi) is 4.34. The van der Waals surface area contributed by atoms with Gasteiger partial charge in [-0.25, -0.2) is 0 Å². The second kappa shape index (κ2) is 4.81. The van der Waals surface area contributed by atoms with Crippen molar-refractivity contribution in [2.45, 2.75) is 86.9 Å². The van der Waals surface area contributed by atoms with Crippen molar-refractivity contribution < 1.29 is 0 Å². The molecule has 0 heterocycles. The molecule has 1 aliphatic rings. The Bertz CT molecular complexity index is 321. The molecule has 19 heavy (non-hydrogen) atoms. The standard InChI is InChI=1S/C18H35B/c1-10-11-17(8)14(12-13(2)16(17,6)7)18(9,19)15(3,4)5/h13-14H,10-12H2,1-9H3. The van der Waals surface area contributed by atoms with Crippen molar-refractivity contribution in [2.75, 3.05) is 0 Å². The average molecular weight is 262 g/mol. The van der Waals surface area contributed by atoms with Gasteiger partial charge in [0.25, 0.3) is 0 Å². The highest BCUT2D eigenvalue weighted by atomic mass is 14.6. The first-order chi connectivity index (χ1) is 8.32. The maximum absolute atomic E-state index is 6.89. The maximum Gasteiger partial charge on any atom is 0.0753 e. The molecular formula is C18H35B.